The number of aldehydes is 1. The van der Waals surface area contributed by atoms with Gasteiger partial charge in [-0.2, -0.15) is 0 Å². The van der Waals surface area contributed by atoms with Crippen LogP contribution in [-0.2, 0) is 20.9 Å². The lowest BCUT2D eigenvalue weighted by molar-refractivity contribution is -0.123. The first-order chi connectivity index (χ1) is 10.5. The Morgan fingerprint density at radius 3 is 2.50 bits per heavy atom. The van der Waals surface area contributed by atoms with Gasteiger partial charge in [-0.1, -0.05) is 44.2 Å². The summed E-state index contributed by atoms with van der Waals surface area (Å²) in [7, 11) is 0. The molecule has 0 unspecified atom stereocenters. The van der Waals surface area contributed by atoms with Crippen LogP contribution in [0.2, 0.25) is 0 Å². The molecule has 2 N–H and O–H groups in total. The van der Waals surface area contributed by atoms with Crippen molar-refractivity contribution < 1.29 is 19.1 Å². The number of alkyl carbamates (subject to hydrolysis) is 1. The van der Waals surface area contributed by atoms with Crippen LogP contribution in [0, 0.1) is 5.92 Å². The summed E-state index contributed by atoms with van der Waals surface area (Å²) in [6.07, 6.45) is 0.588. The van der Waals surface area contributed by atoms with Crippen LogP contribution >= 0.6 is 0 Å². The molecule has 120 valence electrons. The molecule has 0 bridgehead atoms. The molecule has 1 aromatic carbocycles. The van der Waals surface area contributed by atoms with E-state index in [1.807, 2.05) is 44.2 Å². The smallest absolute Gasteiger partial charge is 0.407 e. The Balaban J connectivity index is 2.25. The Morgan fingerprint density at radius 2 is 1.91 bits per heavy atom. The topological polar surface area (TPSA) is 84.5 Å². The van der Waals surface area contributed by atoms with Crippen LogP contribution in [0.1, 0.15) is 25.8 Å². The van der Waals surface area contributed by atoms with E-state index in [1.165, 1.54) is 0 Å². The van der Waals surface area contributed by atoms with Gasteiger partial charge < -0.3 is 20.2 Å². The highest BCUT2D eigenvalue weighted by molar-refractivity contribution is 5.84. The van der Waals surface area contributed by atoms with Crippen LogP contribution < -0.4 is 10.6 Å². The zero-order valence-electron chi connectivity index (χ0n) is 12.9. The second kappa shape index (κ2) is 9.55. The maximum atomic E-state index is 11.6. The SMILES string of the molecule is CC(C)C[C@@H](C=O)NC(=O)CNC(=O)OCc1ccccc1. The van der Waals surface area contributed by atoms with Gasteiger partial charge in [-0.05, 0) is 17.9 Å². The Labute approximate surface area is 130 Å². The molecule has 6 nitrogen and oxygen atoms in total. The molecule has 0 aliphatic rings. The Hall–Kier alpha value is -2.37. The predicted octanol–water partition coefficient (Wildman–Crippen LogP) is 1.64. The molecule has 22 heavy (non-hydrogen) atoms. The largest absolute Gasteiger partial charge is 0.445 e. The van der Waals surface area contributed by atoms with Crippen LogP contribution in [0.3, 0.4) is 0 Å². The molecule has 2 amide bonds. The molecule has 6 heteroatoms. The fraction of sp³-hybridized carbons (Fsp3) is 0.438. The van der Waals surface area contributed by atoms with Crippen molar-refractivity contribution in [2.45, 2.75) is 32.9 Å². The molecule has 0 saturated heterocycles. The molecule has 0 saturated carbocycles. The number of carbonyl (C=O) groups is 3. The highest BCUT2D eigenvalue weighted by Gasteiger charge is 2.13. The second-order valence-electron chi connectivity index (χ2n) is 5.35. The molecule has 0 spiro atoms. The van der Waals surface area contributed by atoms with E-state index in [0.717, 1.165) is 5.56 Å². The second-order valence-corrected chi connectivity index (χ2v) is 5.35. The zero-order valence-corrected chi connectivity index (χ0v) is 12.9. The summed E-state index contributed by atoms with van der Waals surface area (Å²) in [5.41, 5.74) is 0.861. The molecule has 1 rings (SSSR count). The standard InChI is InChI=1S/C16H22N2O4/c1-12(2)8-14(10-19)18-15(20)9-17-16(21)22-11-13-6-4-3-5-7-13/h3-7,10,12,14H,8-9,11H2,1-2H3,(H,17,21)(H,18,20)/t14-/m0/s1. The molecular weight excluding hydrogens is 284 g/mol. The maximum Gasteiger partial charge on any atom is 0.407 e. The summed E-state index contributed by atoms with van der Waals surface area (Å²) < 4.78 is 4.97. The van der Waals surface area contributed by atoms with Crippen molar-refractivity contribution in [3.05, 3.63) is 35.9 Å². The Morgan fingerprint density at radius 1 is 1.23 bits per heavy atom. The van der Waals surface area contributed by atoms with Crippen molar-refractivity contribution in [1.29, 1.82) is 0 Å². The molecule has 1 atom stereocenters. The van der Waals surface area contributed by atoms with E-state index in [1.54, 1.807) is 0 Å². The van der Waals surface area contributed by atoms with E-state index in [9.17, 15) is 14.4 Å². The van der Waals surface area contributed by atoms with Gasteiger partial charge >= 0.3 is 6.09 Å². The van der Waals surface area contributed by atoms with Crippen LogP contribution in [0.25, 0.3) is 0 Å². The highest BCUT2D eigenvalue weighted by atomic mass is 16.5. The first-order valence-electron chi connectivity index (χ1n) is 7.20. The quantitative estimate of drug-likeness (QED) is 0.715. The minimum absolute atomic E-state index is 0.138. The van der Waals surface area contributed by atoms with Gasteiger partial charge in [-0.15, -0.1) is 0 Å². The number of hydrogen-bond donors (Lipinski definition) is 2. The summed E-state index contributed by atoms with van der Waals surface area (Å²) in [5.74, 6) is -0.131. The molecular formula is C16H22N2O4. The normalized spacial score (nSPS) is 11.6. The third kappa shape index (κ3) is 7.42. The number of ether oxygens (including phenoxy) is 1. The minimum atomic E-state index is -0.675. The molecule has 0 heterocycles. The van der Waals surface area contributed by atoms with E-state index in [-0.39, 0.29) is 13.2 Å². The third-order valence-electron chi connectivity index (χ3n) is 2.84. The highest BCUT2D eigenvalue weighted by Crippen LogP contribution is 2.02. The number of rotatable bonds is 8. The predicted molar refractivity (Wildman–Crippen MR) is 82.1 cm³/mol. The fourth-order valence-corrected chi connectivity index (χ4v) is 1.84. The fourth-order valence-electron chi connectivity index (χ4n) is 1.84. The molecule has 0 radical (unpaired) electrons. The maximum absolute atomic E-state index is 11.6. The summed E-state index contributed by atoms with van der Waals surface area (Å²) in [6, 6.07) is 8.70. The van der Waals surface area contributed by atoms with Crippen LogP contribution in [0.4, 0.5) is 4.79 Å². The van der Waals surface area contributed by atoms with Crippen molar-refractivity contribution >= 4 is 18.3 Å². The third-order valence-corrected chi connectivity index (χ3v) is 2.84. The van der Waals surface area contributed by atoms with Crippen molar-refractivity contribution in [3.8, 4) is 0 Å². The first-order valence-corrected chi connectivity index (χ1v) is 7.20. The van der Waals surface area contributed by atoms with Gasteiger partial charge in [0.1, 0.15) is 19.4 Å². The van der Waals surface area contributed by atoms with E-state index in [2.05, 4.69) is 10.6 Å². The molecule has 0 aromatic heterocycles. The van der Waals surface area contributed by atoms with Gasteiger partial charge in [0.25, 0.3) is 0 Å². The first kappa shape index (κ1) is 17.7. The number of carbonyl (C=O) groups excluding carboxylic acids is 3. The number of amides is 2. The lowest BCUT2D eigenvalue weighted by Gasteiger charge is -2.15. The van der Waals surface area contributed by atoms with E-state index in [4.69, 9.17) is 4.74 Å². The van der Waals surface area contributed by atoms with E-state index in [0.29, 0.717) is 18.6 Å². The zero-order chi connectivity index (χ0) is 16.4. The lowest BCUT2D eigenvalue weighted by Crippen LogP contribution is -2.43. The Bertz CT molecular complexity index is 488. The number of benzene rings is 1. The average molecular weight is 306 g/mol. The summed E-state index contributed by atoms with van der Waals surface area (Å²) in [5, 5.41) is 4.90. The molecule has 0 aliphatic heterocycles. The summed E-state index contributed by atoms with van der Waals surface area (Å²) in [4.78, 5) is 34.0. The van der Waals surface area contributed by atoms with Gasteiger partial charge in [-0.25, -0.2) is 4.79 Å². The summed E-state index contributed by atoms with van der Waals surface area (Å²) in [6.45, 7) is 3.83. The van der Waals surface area contributed by atoms with Crippen LogP contribution in [-0.4, -0.2) is 30.9 Å². The van der Waals surface area contributed by atoms with Crippen molar-refractivity contribution in [1.82, 2.24) is 10.6 Å². The van der Waals surface area contributed by atoms with Gasteiger partial charge in [0.05, 0.1) is 6.04 Å². The lowest BCUT2D eigenvalue weighted by atomic mass is 10.1. The van der Waals surface area contributed by atoms with E-state index < -0.39 is 18.0 Å². The number of hydrogen-bond acceptors (Lipinski definition) is 4. The monoisotopic (exact) mass is 306 g/mol. The number of nitrogens with one attached hydrogen (secondary N) is 2. The molecule has 0 fully saturated rings. The van der Waals surface area contributed by atoms with Gasteiger partial charge in [-0.3, -0.25) is 4.79 Å². The average Bonchev–Trinajstić information content (AvgIpc) is 2.50. The molecule has 0 aliphatic carbocycles. The minimum Gasteiger partial charge on any atom is -0.445 e. The van der Waals surface area contributed by atoms with Gasteiger partial charge in [0.2, 0.25) is 5.91 Å². The van der Waals surface area contributed by atoms with Crippen LogP contribution in [0.15, 0.2) is 30.3 Å². The van der Waals surface area contributed by atoms with Crippen molar-refractivity contribution in [2.75, 3.05) is 6.54 Å². The van der Waals surface area contributed by atoms with Gasteiger partial charge in [0.15, 0.2) is 0 Å². The van der Waals surface area contributed by atoms with Crippen LogP contribution in [0.5, 0.6) is 0 Å². The summed E-state index contributed by atoms with van der Waals surface area (Å²) >= 11 is 0. The van der Waals surface area contributed by atoms with Crippen molar-refractivity contribution in [3.63, 3.8) is 0 Å². The molecule has 1 aromatic rings. The van der Waals surface area contributed by atoms with Gasteiger partial charge in [0, 0.05) is 0 Å². The van der Waals surface area contributed by atoms with E-state index >= 15 is 0 Å². The van der Waals surface area contributed by atoms with Crippen molar-refractivity contribution in [2.24, 2.45) is 5.92 Å². The Kier molecular flexibility index (Phi) is 7.67.